The lowest BCUT2D eigenvalue weighted by molar-refractivity contribution is -0.175. The highest BCUT2D eigenvalue weighted by Crippen LogP contribution is 2.26. The highest BCUT2D eigenvalue weighted by atomic mass is 32.1. The molecule has 0 saturated carbocycles. The van der Waals surface area contributed by atoms with Crippen LogP contribution in [0.25, 0.3) is 10.1 Å². The standard InChI is InChI=1S/C13H10F3NO3S/c14-13(15,16)12(20)17-9(11(18)19)5-7-6-21-10-4-2-1-3-8(7)10/h1-4,6,9H,5H2,(H,17,20)(H,18,19)/t9-/m1/s1. The van der Waals surface area contributed by atoms with Crippen molar-refractivity contribution >= 4 is 33.3 Å². The van der Waals surface area contributed by atoms with Gasteiger partial charge < -0.3 is 10.4 Å². The third-order valence-corrected chi connectivity index (χ3v) is 3.86. The van der Waals surface area contributed by atoms with E-state index in [2.05, 4.69) is 0 Å². The first-order chi connectivity index (χ1) is 9.79. The number of alkyl halides is 3. The van der Waals surface area contributed by atoms with Gasteiger partial charge in [-0.3, -0.25) is 4.79 Å². The van der Waals surface area contributed by atoms with Crippen molar-refractivity contribution in [3.05, 3.63) is 35.2 Å². The number of aliphatic carboxylic acids is 1. The van der Waals surface area contributed by atoms with Gasteiger partial charge in [0.1, 0.15) is 6.04 Å². The minimum Gasteiger partial charge on any atom is -0.480 e. The van der Waals surface area contributed by atoms with Crippen molar-refractivity contribution in [3.63, 3.8) is 0 Å². The number of fused-ring (bicyclic) bond motifs is 1. The Hall–Kier alpha value is -2.09. The fraction of sp³-hybridized carbons (Fsp3) is 0.231. The summed E-state index contributed by atoms with van der Waals surface area (Å²) >= 11 is 1.36. The van der Waals surface area contributed by atoms with Gasteiger partial charge in [-0.2, -0.15) is 13.2 Å². The Labute approximate surface area is 121 Å². The lowest BCUT2D eigenvalue weighted by atomic mass is 10.0. The zero-order valence-electron chi connectivity index (χ0n) is 10.5. The number of benzene rings is 1. The van der Waals surface area contributed by atoms with Gasteiger partial charge in [0.05, 0.1) is 0 Å². The van der Waals surface area contributed by atoms with Crippen LogP contribution in [0.2, 0.25) is 0 Å². The predicted octanol–water partition coefficient (Wildman–Crippen LogP) is 2.58. The lowest BCUT2D eigenvalue weighted by Crippen LogP contribution is -2.47. The minimum absolute atomic E-state index is 0.207. The van der Waals surface area contributed by atoms with E-state index in [1.54, 1.807) is 17.5 Å². The summed E-state index contributed by atoms with van der Waals surface area (Å²) < 4.78 is 37.5. The number of hydrogen-bond acceptors (Lipinski definition) is 3. The van der Waals surface area contributed by atoms with Crippen LogP contribution in [0.15, 0.2) is 29.6 Å². The predicted molar refractivity (Wildman–Crippen MR) is 71.2 cm³/mol. The van der Waals surface area contributed by atoms with Crippen molar-refractivity contribution in [1.82, 2.24) is 5.32 Å². The normalized spacial score (nSPS) is 13.1. The largest absolute Gasteiger partial charge is 0.480 e. The molecular formula is C13H10F3NO3S. The first kappa shape index (κ1) is 15.3. The number of carbonyl (C=O) groups excluding carboxylic acids is 1. The van der Waals surface area contributed by atoms with Crippen LogP contribution in [0, 0.1) is 0 Å². The number of amides is 1. The summed E-state index contributed by atoms with van der Waals surface area (Å²) in [6, 6.07) is 5.52. The van der Waals surface area contributed by atoms with Gasteiger partial charge >= 0.3 is 18.1 Å². The summed E-state index contributed by atoms with van der Waals surface area (Å²) in [5.41, 5.74) is 0.588. The summed E-state index contributed by atoms with van der Waals surface area (Å²) in [6.45, 7) is 0. The van der Waals surface area contributed by atoms with Crippen LogP contribution in [-0.4, -0.2) is 29.2 Å². The quantitative estimate of drug-likeness (QED) is 0.911. The molecule has 1 atom stereocenters. The molecule has 0 radical (unpaired) electrons. The number of halogens is 3. The lowest BCUT2D eigenvalue weighted by Gasteiger charge is -2.15. The Morgan fingerprint density at radius 1 is 1.29 bits per heavy atom. The van der Waals surface area contributed by atoms with Crippen LogP contribution in [0.5, 0.6) is 0 Å². The Morgan fingerprint density at radius 2 is 1.95 bits per heavy atom. The second kappa shape index (κ2) is 5.72. The molecule has 1 amide bonds. The van der Waals surface area contributed by atoms with Crippen LogP contribution in [0.3, 0.4) is 0 Å². The molecule has 1 heterocycles. The average molecular weight is 317 g/mol. The van der Waals surface area contributed by atoms with E-state index in [1.807, 2.05) is 12.1 Å². The summed E-state index contributed by atoms with van der Waals surface area (Å²) in [5.74, 6) is -3.77. The summed E-state index contributed by atoms with van der Waals surface area (Å²) in [6.07, 6.45) is -5.31. The van der Waals surface area contributed by atoms with Crippen LogP contribution < -0.4 is 5.32 Å². The number of nitrogens with one attached hydrogen (secondary N) is 1. The van der Waals surface area contributed by atoms with E-state index >= 15 is 0 Å². The fourth-order valence-corrected chi connectivity index (χ4v) is 2.83. The number of carboxylic acids is 1. The minimum atomic E-state index is -5.11. The van der Waals surface area contributed by atoms with E-state index in [0.29, 0.717) is 5.56 Å². The molecule has 0 aliphatic rings. The monoisotopic (exact) mass is 317 g/mol. The van der Waals surface area contributed by atoms with E-state index in [0.717, 1.165) is 10.1 Å². The van der Waals surface area contributed by atoms with Crippen LogP contribution in [0.4, 0.5) is 13.2 Å². The number of thiophene rings is 1. The van der Waals surface area contributed by atoms with Crippen molar-refractivity contribution in [2.75, 3.05) is 0 Å². The highest BCUT2D eigenvalue weighted by molar-refractivity contribution is 7.17. The second-order valence-corrected chi connectivity index (χ2v) is 5.23. The molecule has 0 unspecified atom stereocenters. The van der Waals surface area contributed by atoms with Gasteiger partial charge in [-0.05, 0) is 22.4 Å². The number of carbonyl (C=O) groups is 2. The molecule has 1 aromatic heterocycles. The SMILES string of the molecule is O=C(O)[C@@H](Cc1csc2ccccc12)NC(=O)C(F)(F)F. The number of hydrogen-bond donors (Lipinski definition) is 2. The summed E-state index contributed by atoms with van der Waals surface area (Å²) in [7, 11) is 0. The first-order valence-corrected chi connectivity index (χ1v) is 6.72. The smallest absolute Gasteiger partial charge is 0.471 e. The Kier molecular flexibility index (Phi) is 4.17. The summed E-state index contributed by atoms with van der Waals surface area (Å²) in [4.78, 5) is 21.9. The van der Waals surface area contributed by atoms with Crippen molar-refractivity contribution in [1.29, 1.82) is 0 Å². The van der Waals surface area contributed by atoms with Crippen LogP contribution in [0.1, 0.15) is 5.56 Å². The van der Waals surface area contributed by atoms with Crippen LogP contribution in [-0.2, 0) is 16.0 Å². The van der Waals surface area contributed by atoms with Gasteiger partial charge in [0.25, 0.3) is 0 Å². The van der Waals surface area contributed by atoms with Gasteiger partial charge in [0.2, 0.25) is 0 Å². The van der Waals surface area contributed by atoms with E-state index in [9.17, 15) is 22.8 Å². The van der Waals surface area contributed by atoms with Gasteiger partial charge in [0, 0.05) is 11.1 Å². The zero-order valence-corrected chi connectivity index (χ0v) is 11.3. The van der Waals surface area contributed by atoms with Crippen molar-refractivity contribution in [3.8, 4) is 0 Å². The van der Waals surface area contributed by atoms with Gasteiger partial charge in [-0.15, -0.1) is 11.3 Å². The first-order valence-electron chi connectivity index (χ1n) is 5.84. The topological polar surface area (TPSA) is 66.4 Å². The zero-order chi connectivity index (χ0) is 15.6. The molecule has 0 aliphatic carbocycles. The average Bonchev–Trinajstić information content (AvgIpc) is 2.80. The van der Waals surface area contributed by atoms with Gasteiger partial charge in [-0.25, -0.2) is 4.79 Å². The maximum Gasteiger partial charge on any atom is 0.471 e. The summed E-state index contributed by atoms with van der Waals surface area (Å²) in [5, 5.41) is 12.9. The maximum absolute atomic E-state index is 12.2. The fourth-order valence-electron chi connectivity index (χ4n) is 1.85. The maximum atomic E-state index is 12.2. The van der Waals surface area contributed by atoms with E-state index in [1.165, 1.54) is 16.7 Å². The third kappa shape index (κ3) is 3.52. The molecule has 2 aromatic rings. The molecule has 0 fully saturated rings. The van der Waals surface area contributed by atoms with Crippen molar-refractivity contribution in [2.24, 2.45) is 0 Å². The van der Waals surface area contributed by atoms with Crippen LogP contribution >= 0.6 is 11.3 Å². The Morgan fingerprint density at radius 3 is 2.57 bits per heavy atom. The molecule has 0 bridgehead atoms. The molecule has 4 nitrogen and oxygen atoms in total. The Balaban J connectivity index is 2.21. The molecule has 1 aromatic carbocycles. The Bertz CT molecular complexity index is 681. The molecular weight excluding hydrogens is 307 g/mol. The number of carboxylic acid groups (broad SMARTS) is 1. The number of rotatable bonds is 4. The molecule has 21 heavy (non-hydrogen) atoms. The van der Waals surface area contributed by atoms with Crippen molar-refractivity contribution in [2.45, 2.75) is 18.6 Å². The van der Waals surface area contributed by atoms with E-state index < -0.39 is 24.1 Å². The molecule has 0 spiro atoms. The third-order valence-electron chi connectivity index (χ3n) is 2.85. The molecule has 2 N–H and O–H groups in total. The van der Waals surface area contributed by atoms with E-state index in [-0.39, 0.29) is 6.42 Å². The molecule has 0 saturated heterocycles. The van der Waals surface area contributed by atoms with Gasteiger partial charge in [0.15, 0.2) is 0 Å². The van der Waals surface area contributed by atoms with E-state index in [4.69, 9.17) is 5.11 Å². The molecule has 8 heteroatoms. The highest BCUT2D eigenvalue weighted by Gasteiger charge is 2.40. The van der Waals surface area contributed by atoms with Gasteiger partial charge in [-0.1, -0.05) is 18.2 Å². The molecule has 2 rings (SSSR count). The molecule has 112 valence electrons. The second-order valence-electron chi connectivity index (χ2n) is 4.32. The molecule has 0 aliphatic heterocycles. The van der Waals surface area contributed by atoms with Crippen molar-refractivity contribution < 1.29 is 27.9 Å².